The van der Waals surface area contributed by atoms with Crippen LogP contribution in [0.15, 0.2) is 24.3 Å². The highest BCUT2D eigenvalue weighted by Gasteiger charge is 2.35. The van der Waals surface area contributed by atoms with E-state index >= 15 is 0 Å². The molecule has 1 aromatic rings. The van der Waals surface area contributed by atoms with Gasteiger partial charge in [0.05, 0.1) is 0 Å². The molecule has 0 bridgehead atoms. The van der Waals surface area contributed by atoms with Gasteiger partial charge in [0.25, 0.3) is 0 Å². The SMILES string of the molecule is CC1CN2CCCCC2CN1C(C)c1ccccc1O. The summed E-state index contributed by atoms with van der Waals surface area (Å²) in [5, 5.41) is 10.1. The van der Waals surface area contributed by atoms with E-state index in [4.69, 9.17) is 0 Å². The molecule has 2 saturated heterocycles. The van der Waals surface area contributed by atoms with Crippen molar-refractivity contribution in [1.82, 2.24) is 9.80 Å². The summed E-state index contributed by atoms with van der Waals surface area (Å²) < 4.78 is 0. The van der Waals surface area contributed by atoms with E-state index in [9.17, 15) is 5.11 Å². The highest BCUT2D eigenvalue weighted by molar-refractivity contribution is 5.34. The number of hydrogen-bond acceptors (Lipinski definition) is 3. The van der Waals surface area contributed by atoms with Gasteiger partial charge >= 0.3 is 0 Å². The smallest absolute Gasteiger partial charge is 0.120 e. The summed E-state index contributed by atoms with van der Waals surface area (Å²) >= 11 is 0. The minimum Gasteiger partial charge on any atom is -0.508 e. The van der Waals surface area contributed by atoms with Gasteiger partial charge in [0, 0.05) is 36.8 Å². The third kappa shape index (κ3) is 2.57. The van der Waals surface area contributed by atoms with Crippen LogP contribution in [0.25, 0.3) is 0 Å². The average molecular weight is 274 g/mol. The van der Waals surface area contributed by atoms with Crippen LogP contribution in [0.4, 0.5) is 0 Å². The van der Waals surface area contributed by atoms with Gasteiger partial charge in [0.15, 0.2) is 0 Å². The van der Waals surface area contributed by atoms with Gasteiger partial charge in [-0.25, -0.2) is 0 Å². The molecule has 1 N–H and O–H groups in total. The van der Waals surface area contributed by atoms with Crippen molar-refractivity contribution >= 4 is 0 Å². The second kappa shape index (κ2) is 5.74. The molecule has 0 spiro atoms. The van der Waals surface area contributed by atoms with Gasteiger partial charge in [-0.3, -0.25) is 9.80 Å². The van der Waals surface area contributed by atoms with Crippen molar-refractivity contribution in [1.29, 1.82) is 0 Å². The molecule has 3 atom stereocenters. The summed E-state index contributed by atoms with van der Waals surface area (Å²) in [6, 6.07) is 9.33. The molecule has 2 aliphatic rings. The monoisotopic (exact) mass is 274 g/mol. The molecule has 0 saturated carbocycles. The fourth-order valence-electron chi connectivity index (χ4n) is 3.93. The number of hydrogen-bond donors (Lipinski definition) is 1. The van der Waals surface area contributed by atoms with Crippen LogP contribution in [0, 0.1) is 0 Å². The van der Waals surface area contributed by atoms with Crippen molar-refractivity contribution in [3.8, 4) is 5.75 Å². The van der Waals surface area contributed by atoms with Gasteiger partial charge in [0.1, 0.15) is 5.75 Å². The standard InChI is InChI=1S/C17H26N2O/c1-13-11-18-10-6-5-7-15(18)12-19(13)14(2)16-8-3-4-9-17(16)20/h3-4,8-9,13-15,20H,5-7,10-12H2,1-2H3. The Labute approximate surface area is 122 Å². The number of phenols is 1. The summed E-state index contributed by atoms with van der Waals surface area (Å²) in [4.78, 5) is 5.24. The molecule has 0 radical (unpaired) electrons. The number of phenolic OH excluding ortho intramolecular Hbond substituents is 1. The number of piperidine rings is 1. The van der Waals surface area contributed by atoms with Crippen LogP contribution in [0.1, 0.15) is 44.7 Å². The van der Waals surface area contributed by atoms with Crippen LogP contribution in [-0.4, -0.2) is 46.6 Å². The molecule has 0 amide bonds. The summed E-state index contributed by atoms with van der Waals surface area (Å²) in [5.74, 6) is 0.429. The highest BCUT2D eigenvalue weighted by atomic mass is 16.3. The summed E-state index contributed by atoms with van der Waals surface area (Å²) in [5.41, 5.74) is 1.06. The highest BCUT2D eigenvalue weighted by Crippen LogP contribution is 2.33. The van der Waals surface area contributed by atoms with Gasteiger partial charge in [0.2, 0.25) is 0 Å². The minimum atomic E-state index is 0.287. The Morgan fingerprint density at radius 1 is 1.20 bits per heavy atom. The van der Waals surface area contributed by atoms with E-state index < -0.39 is 0 Å². The van der Waals surface area contributed by atoms with Crippen molar-refractivity contribution in [2.24, 2.45) is 0 Å². The van der Waals surface area contributed by atoms with Gasteiger partial charge in [-0.2, -0.15) is 0 Å². The lowest BCUT2D eigenvalue weighted by atomic mass is 9.94. The van der Waals surface area contributed by atoms with Crippen LogP contribution in [-0.2, 0) is 0 Å². The Bertz CT molecular complexity index is 462. The number of rotatable bonds is 2. The molecule has 3 rings (SSSR count). The lowest BCUT2D eigenvalue weighted by molar-refractivity contribution is -0.00499. The Hall–Kier alpha value is -1.06. The average Bonchev–Trinajstić information content (AvgIpc) is 2.46. The second-order valence-electron chi connectivity index (χ2n) is 6.43. The molecule has 3 nitrogen and oxygen atoms in total. The van der Waals surface area contributed by atoms with Gasteiger partial charge in [-0.05, 0) is 39.3 Å². The Balaban J connectivity index is 1.77. The molecule has 0 aromatic heterocycles. The largest absolute Gasteiger partial charge is 0.508 e. The van der Waals surface area contributed by atoms with Gasteiger partial charge in [-0.1, -0.05) is 24.6 Å². The molecule has 20 heavy (non-hydrogen) atoms. The van der Waals surface area contributed by atoms with Crippen molar-refractivity contribution in [3.05, 3.63) is 29.8 Å². The van der Waals surface area contributed by atoms with E-state index in [1.165, 1.54) is 32.4 Å². The quantitative estimate of drug-likeness (QED) is 0.898. The summed E-state index contributed by atoms with van der Waals surface area (Å²) in [7, 11) is 0. The number of fused-ring (bicyclic) bond motifs is 1. The van der Waals surface area contributed by atoms with Crippen molar-refractivity contribution in [2.45, 2.75) is 51.2 Å². The van der Waals surface area contributed by atoms with Crippen molar-refractivity contribution in [3.63, 3.8) is 0 Å². The molecule has 3 unspecified atom stereocenters. The molecule has 0 aliphatic carbocycles. The molecule has 2 fully saturated rings. The van der Waals surface area contributed by atoms with E-state index in [0.29, 0.717) is 17.8 Å². The number of nitrogens with zero attached hydrogens (tertiary/aromatic N) is 2. The number of benzene rings is 1. The number of para-hydroxylation sites is 1. The zero-order valence-electron chi connectivity index (χ0n) is 12.6. The molecule has 2 heterocycles. The molecule has 110 valence electrons. The summed E-state index contributed by atoms with van der Waals surface area (Å²) in [6.45, 7) is 8.12. The molecule has 2 aliphatic heterocycles. The topological polar surface area (TPSA) is 26.7 Å². The maximum absolute atomic E-state index is 10.1. The van der Waals surface area contributed by atoms with Crippen LogP contribution in [0.2, 0.25) is 0 Å². The first-order chi connectivity index (χ1) is 9.66. The second-order valence-corrected chi connectivity index (χ2v) is 6.43. The Morgan fingerprint density at radius 3 is 2.80 bits per heavy atom. The maximum atomic E-state index is 10.1. The first kappa shape index (κ1) is 13.9. The molecule has 3 heteroatoms. The van der Waals surface area contributed by atoms with Crippen LogP contribution < -0.4 is 0 Å². The van der Waals surface area contributed by atoms with Crippen LogP contribution in [0.5, 0.6) is 5.75 Å². The van der Waals surface area contributed by atoms with E-state index in [2.05, 4.69) is 29.7 Å². The van der Waals surface area contributed by atoms with Crippen LogP contribution >= 0.6 is 0 Å². The zero-order chi connectivity index (χ0) is 14.1. The third-order valence-corrected chi connectivity index (χ3v) is 5.12. The van der Waals surface area contributed by atoms with Crippen molar-refractivity contribution < 1.29 is 5.11 Å². The minimum absolute atomic E-state index is 0.287. The fourth-order valence-corrected chi connectivity index (χ4v) is 3.93. The number of piperazine rings is 1. The lowest BCUT2D eigenvalue weighted by Crippen LogP contribution is -2.58. The zero-order valence-corrected chi connectivity index (χ0v) is 12.6. The molecule has 1 aromatic carbocycles. The Kier molecular flexibility index (Phi) is 3.99. The normalized spacial score (nSPS) is 29.9. The first-order valence-corrected chi connectivity index (χ1v) is 7.94. The maximum Gasteiger partial charge on any atom is 0.120 e. The van der Waals surface area contributed by atoms with Crippen LogP contribution in [0.3, 0.4) is 0 Å². The van der Waals surface area contributed by atoms with E-state index in [0.717, 1.165) is 12.1 Å². The summed E-state index contributed by atoms with van der Waals surface area (Å²) in [6.07, 6.45) is 4.06. The fraction of sp³-hybridized carbons (Fsp3) is 0.647. The Morgan fingerprint density at radius 2 is 2.00 bits per heavy atom. The van der Waals surface area contributed by atoms with E-state index in [-0.39, 0.29) is 6.04 Å². The first-order valence-electron chi connectivity index (χ1n) is 7.94. The third-order valence-electron chi connectivity index (χ3n) is 5.12. The lowest BCUT2D eigenvalue weighted by Gasteiger charge is -2.49. The van der Waals surface area contributed by atoms with E-state index in [1.54, 1.807) is 6.07 Å². The predicted octanol–water partition coefficient (Wildman–Crippen LogP) is 3.01. The van der Waals surface area contributed by atoms with Crippen molar-refractivity contribution in [2.75, 3.05) is 19.6 Å². The van der Waals surface area contributed by atoms with E-state index in [1.807, 2.05) is 12.1 Å². The van der Waals surface area contributed by atoms with Gasteiger partial charge in [-0.15, -0.1) is 0 Å². The van der Waals surface area contributed by atoms with Gasteiger partial charge < -0.3 is 5.11 Å². The molecular formula is C17H26N2O. The predicted molar refractivity (Wildman–Crippen MR) is 81.9 cm³/mol. The molecular weight excluding hydrogens is 248 g/mol. The number of aromatic hydroxyl groups is 1.